The number of carbonyl (C=O) groups is 4. The van der Waals surface area contributed by atoms with Crippen molar-refractivity contribution in [1.82, 2.24) is 0 Å². The van der Waals surface area contributed by atoms with Crippen LogP contribution in [0.15, 0.2) is 4.42 Å². The molecule has 2 N–H and O–H groups in total. The molecule has 154 valence electrons. The molecule has 1 saturated carbocycles. The molecule has 9 nitrogen and oxygen atoms in total. The van der Waals surface area contributed by atoms with Crippen molar-refractivity contribution in [3.05, 3.63) is 16.9 Å². The highest BCUT2D eigenvalue weighted by Crippen LogP contribution is 2.30. The number of rotatable bonds is 7. The van der Waals surface area contributed by atoms with Crippen LogP contribution in [-0.4, -0.2) is 47.6 Å². The first kappa shape index (κ1) is 21.6. The molecule has 0 aromatic carbocycles. The van der Waals surface area contributed by atoms with Crippen LogP contribution in [0.25, 0.3) is 0 Å². The number of anilines is 1. The van der Waals surface area contributed by atoms with Crippen molar-refractivity contribution in [2.24, 2.45) is 0 Å². The number of Topliss-reactive ketones (excluding diaryl/α,β-unsaturated/α-hetero) is 1. The van der Waals surface area contributed by atoms with Crippen molar-refractivity contribution in [2.75, 3.05) is 18.5 Å². The van der Waals surface area contributed by atoms with Gasteiger partial charge in [-0.3, -0.25) is 14.9 Å². The molecule has 1 amide bonds. The Labute approximate surface area is 162 Å². The smallest absolute Gasteiger partial charge is 0.344 e. The minimum atomic E-state index is -1.57. The van der Waals surface area contributed by atoms with Crippen LogP contribution in [0.1, 0.15) is 72.4 Å². The van der Waals surface area contributed by atoms with Gasteiger partial charge >= 0.3 is 11.9 Å². The predicted octanol–water partition coefficient (Wildman–Crippen LogP) is 2.14. The second-order valence-corrected chi connectivity index (χ2v) is 6.73. The van der Waals surface area contributed by atoms with Crippen LogP contribution < -0.4 is 5.32 Å². The molecule has 1 fully saturated rings. The third-order valence-corrected chi connectivity index (χ3v) is 4.56. The maximum absolute atomic E-state index is 12.2. The van der Waals surface area contributed by atoms with E-state index < -0.39 is 35.8 Å². The standard InChI is InChI=1S/C19H25NO8/c1-4-26-17(23)15-14(11(2)21)12(3)28-16(15)20-13(22)10-27-18(24)19(25)8-6-5-7-9-19/h25H,4-10H2,1-3H3,(H,20,22). The van der Waals surface area contributed by atoms with Crippen LogP contribution in [0.2, 0.25) is 0 Å². The van der Waals surface area contributed by atoms with Crippen molar-refractivity contribution < 1.29 is 38.2 Å². The molecule has 0 aliphatic heterocycles. The molecule has 9 heteroatoms. The number of carbonyl (C=O) groups excluding carboxylic acids is 4. The Balaban J connectivity index is 2.09. The number of hydrogen-bond donors (Lipinski definition) is 2. The van der Waals surface area contributed by atoms with Crippen molar-refractivity contribution in [3.63, 3.8) is 0 Å². The zero-order valence-electron chi connectivity index (χ0n) is 16.3. The Hall–Kier alpha value is -2.68. The van der Waals surface area contributed by atoms with Crippen molar-refractivity contribution >= 4 is 29.5 Å². The Kier molecular flexibility index (Phi) is 6.95. The van der Waals surface area contributed by atoms with Gasteiger partial charge in [0.15, 0.2) is 18.0 Å². The Morgan fingerprint density at radius 1 is 1.11 bits per heavy atom. The Bertz CT molecular complexity index is 773. The lowest BCUT2D eigenvalue weighted by Gasteiger charge is -2.29. The van der Waals surface area contributed by atoms with Crippen molar-refractivity contribution in [1.29, 1.82) is 0 Å². The summed E-state index contributed by atoms with van der Waals surface area (Å²) in [4.78, 5) is 48.3. The fraction of sp³-hybridized carbons (Fsp3) is 0.579. The van der Waals surface area contributed by atoms with E-state index in [2.05, 4.69) is 5.32 Å². The van der Waals surface area contributed by atoms with Gasteiger partial charge in [0, 0.05) is 0 Å². The number of aliphatic hydroxyl groups is 1. The molecule has 1 aliphatic carbocycles. The van der Waals surface area contributed by atoms with Crippen LogP contribution in [0.4, 0.5) is 5.88 Å². The fourth-order valence-corrected chi connectivity index (χ4v) is 3.22. The summed E-state index contributed by atoms with van der Waals surface area (Å²) in [6, 6.07) is 0. The van der Waals surface area contributed by atoms with Crippen molar-refractivity contribution in [2.45, 2.75) is 58.5 Å². The molecule has 0 radical (unpaired) electrons. The molecular formula is C19H25NO8. The second kappa shape index (κ2) is 9.01. The summed E-state index contributed by atoms with van der Waals surface area (Å²) in [5.41, 5.74) is -1.74. The highest BCUT2D eigenvalue weighted by Gasteiger charge is 2.39. The molecule has 1 aromatic rings. The van der Waals surface area contributed by atoms with Gasteiger partial charge in [0.1, 0.15) is 11.3 Å². The molecular weight excluding hydrogens is 370 g/mol. The summed E-state index contributed by atoms with van der Waals surface area (Å²) in [5, 5.41) is 12.6. The zero-order valence-corrected chi connectivity index (χ0v) is 16.3. The first-order valence-corrected chi connectivity index (χ1v) is 9.20. The highest BCUT2D eigenvalue weighted by molar-refractivity contribution is 6.10. The lowest BCUT2D eigenvalue weighted by atomic mass is 9.85. The van der Waals surface area contributed by atoms with Gasteiger partial charge in [0.25, 0.3) is 5.91 Å². The predicted molar refractivity (Wildman–Crippen MR) is 97.0 cm³/mol. The van der Waals surface area contributed by atoms with Crippen molar-refractivity contribution in [3.8, 4) is 0 Å². The monoisotopic (exact) mass is 395 g/mol. The minimum absolute atomic E-state index is 0.0160. The van der Waals surface area contributed by atoms with E-state index >= 15 is 0 Å². The SMILES string of the molecule is CCOC(=O)c1c(NC(=O)COC(=O)C2(O)CCCCC2)oc(C)c1C(C)=O. The van der Waals surface area contributed by atoms with E-state index in [9.17, 15) is 24.3 Å². The summed E-state index contributed by atoms with van der Waals surface area (Å²) in [7, 11) is 0. The van der Waals surface area contributed by atoms with Crippen LogP contribution in [0, 0.1) is 6.92 Å². The maximum Gasteiger partial charge on any atom is 0.344 e. The first-order valence-electron chi connectivity index (χ1n) is 9.20. The fourth-order valence-electron chi connectivity index (χ4n) is 3.22. The summed E-state index contributed by atoms with van der Waals surface area (Å²) < 4.78 is 15.2. The molecule has 0 saturated heterocycles. The van der Waals surface area contributed by atoms with Gasteiger partial charge in [0.05, 0.1) is 12.2 Å². The number of nitrogens with one attached hydrogen (secondary N) is 1. The number of aryl methyl sites for hydroxylation is 1. The van der Waals surface area contributed by atoms with Gasteiger partial charge in [-0.25, -0.2) is 9.59 Å². The normalized spacial score (nSPS) is 15.6. The highest BCUT2D eigenvalue weighted by atomic mass is 16.6. The topological polar surface area (TPSA) is 132 Å². The third-order valence-electron chi connectivity index (χ3n) is 4.56. The van der Waals surface area contributed by atoms with E-state index in [4.69, 9.17) is 13.9 Å². The number of amides is 1. The van der Waals surface area contributed by atoms with Gasteiger partial charge in [0.2, 0.25) is 5.88 Å². The number of furan rings is 1. The third kappa shape index (κ3) is 4.78. The van der Waals surface area contributed by atoms with E-state index in [1.165, 1.54) is 13.8 Å². The van der Waals surface area contributed by atoms with Gasteiger partial charge in [-0.1, -0.05) is 6.42 Å². The molecule has 1 heterocycles. The molecule has 2 rings (SSSR count). The quantitative estimate of drug-likeness (QED) is 0.530. The summed E-state index contributed by atoms with van der Waals surface area (Å²) in [6.45, 7) is 3.75. The average molecular weight is 395 g/mol. The van der Waals surface area contributed by atoms with Gasteiger partial charge in [-0.2, -0.15) is 0 Å². The number of esters is 2. The molecule has 0 spiro atoms. The summed E-state index contributed by atoms with van der Waals surface area (Å²) in [6.07, 6.45) is 2.93. The molecule has 1 aliphatic rings. The molecule has 0 atom stereocenters. The van der Waals surface area contributed by atoms with E-state index in [-0.39, 0.29) is 29.4 Å². The second-order valence-electron chi connectivity index (χ2n) is 6.73. The minimum Gasteiger partial charge on any atom is -0.462 e. The van der Waals surface area contributed by atoms with Gasteiger partial charge < -0.3 is 19.0 Å². The van der Waals surface area contributed by atoms with Crippen LogP contribution >= 0.6 is 0 Å². The number of ketones is 1. The molecule has 0 unspecified atom stereocenters. The summed E-state index contributed by atoms with van der Waals surface area (Å²) in [5.74, 6) is -2.96. The Morgan fingerprint density at radius 3 is 2.32 bits per heavy atom. The van der Waals surface area contributed by atoms with Crippen LogP contribution in [0.5, 0.6) is 0 Å². The lowest BCUT2D eigenvalue weighted by molar-refractivity contribution is -0.170. The molecule has 0 bridgehead atoms. The van der Waals surface area contributed by atoms with Gasteiger partial charge in [-0.15, -0.1) is 0 Å². The Morgan fingerprint density at radius 2 is 1.75 bits per heavy atom. The number of hydrogen-bond acceptors (Lipinski definition) is 8. The number of ether oxygens (including phenoxy) is 2. The van der Waals surface area contributed by atoms with Crippen LogP contribution in [-0.2, 0) is 19.1 Å². The van der Waals surface area contributed by atoms with E-state index in [0.29, 0.717) is 25.7 Å². The lowest BCUT2D eigenvalue weighted by Crippen LogP contribution is -2.42. The zero-order chi connectivity index (χ0) is 20.9. The van der Waals surface area contributed by atoms with E-state index in [1.807, 2.05) is 0 Å². The first-order chi connectivity index (χ1) is 13.2. The summed E-state index contributed by atoms with van der Waals surface area (Å²) >= 11 is 0. The molecule has 1 aromatic heterocycles. The molecule has 28 heavy (non-hydrogen) atoms. The van der Waals surface area contributed by atoms with E-state index in [1.54, 1.807) is 6.92 Å². The largest absolute Gasteiger partial charge is 0.462 e. The maximum atomic E-state index is 12.2. The van der Waals surface area contributed by atoms with Crippen LogP contribution in [0.3, 0.4) is 0 Å². The van der Waals surface area contributed by atoms with E-state index in [0.717, 1.165) is 6.42 Å². The van der Waals surface area contributed by atoms with Gasteiger partial charge in [-0.05, 0) is 46.5 Å². The average Bonchev–Trinajstić information content (AvgIpc) is 2.96.